The molecule has 5 atom stereocenters. The van der Waals surface area contributed by atoms with Crippen molar-refractivity contribution >= 4 is 5.97 Å². The van der Waals surface area contributed by atoms with Crippen LogP contribution in [-0.2, 0) is 21.4 Å². The Kier molecular flexibility index (Phi) is 3.58. The summed E-state index contributed by atoms with van der Waals surface area (Å²) in [6.07, 6.45) is 3.11. The zero-order valence-electron chi connectivity index (χ0n) is 15.7. The first-order valence-electron chi connectivity index (χ1n) is 9.67. The van der Waals surface area contributed by atoms with Crippen LogP contribution in [0.1, 0.15) is 30.4 Å². The fourth-order valence-corrected chi connectivity index (χ4v) is 6.57. The van der Waals surface area contributed by atoms with Crippen LogP contribution >= 0.6 is 0 Å². The normalized spacial score (nSPS) is 39.0. The number of likely N-dealkylation sites (N-methyl/N-ethyl adjacent to an activating group) is 1. The number of aromatic hydroxyl groups is 1. The van der Waals surface area contributed by atoms with Crippen LogP contribution < -0.4 is 10.1 Å². The van der Waals surface area contributed by atoms with Gasteiger partial charge in [-0.2, -0.15) is 0 Å². The molecule has 1 spiro atoms. The Labute approximate surface area is 158 Å². The van der Waals surface area contributed by atoms with E-state index in [1.165, 1.54) is 5.56 Å². The van der Waals surface area contributed by atoms with Gasteiger partial charge in [-0.1, -0.05) is 6.07 Å². The number of phenols is 1. The summed E-state index contributed by atoms with van der Waals surface area (Å²) in [5, 5.41) is 22.9. The molecule has 0 unspecified atom stereocenters. The third-order valence-electron chi connectivity index (χ3n) is 7.57. The van der Waals surface area contributed by atoms with Crippen molar-refractivity contribution in [1.29, 1.82) is 0 Å². The highest BCUT2D eigenvalue weighted by molar-refractivity contribution is 5.69. The minimum absolute atomic E-state index is 0.0915. The van der Waals surface area contributed by atoms with Gasteiger partial charge in [-0.3, -0.25) is 4.79 Å². The second-order valence-corrected chi connectivity index (χ2v) is 8.42. The zero-order valence-corrected chi connectivity index (χ0v) is 15.7. The highest BCUT2D eigenvalue weighted by atomic mass is 16.5. The lowest BCUT2D eigenvalue weighted by molar-refractivity contribution is -0.203. The molecule has 27 heavy (non-hydrogen) atoms. The number of nitrogens with one attached hydrogen (secondary N) is 1. The van der Waals surface area contributed by atoms with E-state index in [4.69, 9.17) is 14.6 Å². The van der Waals surface area contributed by atoms with Crippen LogP contribution in [0.3, 0.4) is 0 Å². The van der Waals surface area contributed by atoms with Crippen molar-refractivity contribution in [2.75, 3.05) is 27.2 Å². The first-order chi connectivity index (χ1) is 12.9. The van der Waals surface area contributed by atoms with Gasteiger partial charge in [0.25, 0.3) is 0 Å². The average molecular weight is 374 g/mol. The molecule has 1 aromatic carbocycles. The van der Waals surface area contributed by atoms with Gasteiger partial charge in [0.1, 0.15) is 6.10 Å². The van der Waals surface area contributed by atoms with Crippen LogP contribution in [0.5, 0.6) is 11.5 Å². The molecular weight excluding hydrogens is 348 g/mol. The van der Waals surface area contributed by atoms with Gasteiger partial charge in [0.2, 0.25) is 0 Å². The number of carboxylic acid groups (broad SMARTS) is 1. The highest BCUT2D eigenvalue weighted by Gasteiger charge is 2.73. The number of carbonyl (C=O) groups is 1. The molecule has 1 saturated heterocycles. The quantitative estimate of drug-likeness (QED) is 0.720. The maximum absolute atomic E-state index is 11.1. The Hall–Kier alpha value is -1.83. The summed E-state index contributed by atoms with van der Waals surface area (Å²) in [5.41, 5.74) is 1.56. The predicted molar refractivity (Wildman–Crippen MR) is 97.3 cm³/mol. The second kappa shape index (κ2) is 5.59. The summed E-state index contributed by atoms with van der Waals surface area (Å²) in [7, 11) is 3.95. The van der Waals surface area contributed by atoms with E-state index in [0.717, 1.165) is 37.8 Å². The molecular formula is C20H26N2O5. The van der Waals surface area contributed by atoms with Gasteiger partial charge in [0.05, 0.1) is 17.6 Å². The standard InChI is InChI=1S/C20H26N2O5/c1-22-8-7-19-16-11-3-4-13(23)17(16)27-18(19)12(21-10-15(24)25)5-6-20(19,26-2)14(22)9-11/h3-4,12,14,18,21,23H,5-10H2,1-2H3,(H,24,25)/t12-,14-,18-,19+,20+/m1/s1. The molecule has 1 saturated carbocycles. The van der Waals surface area contributed by atoms with Gasteiger partial charge in [-0.25, -0.2) is 0 Å². The third-order valence-corrected chi connectivity index (χ3v) is 7.57. The van der Waals surface area contributed by atoms with E-state index in [9.17, 15) is 9.90 Å². The van der Waals surface area contributed by atoms with E-state index in [2.05, 4.69) is 17.3 Å². The smallest absolute Gasteiger partial charge is 0.317 e. The van der Waals surface area contributed by atoms with Gasteiger partial charge < -0.3 is 29.9 Å². The molecule has 2 aliphatic heterocycles. The fourth-order valence-electron chi connectivity index (χ4n) is 6.57. The summed E-state index contributed by atoms with van der Waals surface area (Å²) in [6.45, 7) is 0.828. The number of nitrogens with zero attached hydrogens (tertiary/aromatic N) is 1. The van der Waals surface area contributed by atoms with Crippen molar-refractivity contribution in [3.8, 4) is 11.5 Å². The van der Waals surface area contributed by atoms with Crippen LogP contribution in [0.2, 0.25) is 0 Å². The molecule has 5 rings (SSSR count). The Morgan fingerprint density at radius 1 is 1.44 bits per heavy atom. The molecule has 2 bridgehead atoms. The van der Waals surface area contributed by atoms with Crippen LogP contribution in [0, 0.1) is 0 Å². The number of hydrogen-bond donors (Lipinski definition) is 3. The summed E-state index contributed by atoms with van der Waals surface area (Å²) in [6, 6.07) is 3.89. The van der Waals surface area contributed by atoms with Crippen LogP contribution in [0.25, 0.3) is 0 Å². The third kappa shape index (κ3) is 1.94. The van der Waals surface area contributed by atoms with Crippen molar-refractivity contribution in [2.45, 2.75) is 54.9 Å². The topological polar surface area (TPSA) is 91.3 Å². The number of ether oxygens (including phenoxy) is 2. The van der Waals surface area contributed by atoms with E-state index in [0.29, 0.717) is 5.75 Å². The van der Waals surface area contributed by atoms with E-state index in [-0.39, 0.29) is 35.9 Å². The van der Waals surface area contributed by atoms with Gasteiger partial charge in [0, 0.05) is 24.8 Å². The fraction of sp³-hybridized carbons (Fsp3) is 0.650. The maximum Gasteiger partial charge on any atom is 0.317 e. The van der Waals surface area contributed by atoms with Gasteiger partial charge in [-0.15, -0.1) is 0 Å². The molecule has 7 heteroatoms. The number of phenolic OH excluding ortho intramolecular Hbond substituents is 1. The highest BCUT2D eigenvalue weighted by Crippen LogP contribution is 2.66. The number of methoxy groups -OCH3 is 1. The zero-order chi connectivity index (χ0) is 19.0. The van der Waals surface area contributed by atoms with E-state index >= 15 is 0 Å². The molecule has 4 aliphatic rings. The lowest BCUT2D eigenvalue weighted by Gasteiger charge is -2.65. The van der Waals surface area contributed by atoms with Gasteiger partial charge in [0.15, 0.2) is 11.5 Å². The van der Waals surface area contributed by atoms with Crippen molar-refractivity contribution < 1.29 is 24.5 Å². The second-order valence-electron chi connectivity index (χ2n) is 8.42. The van der Waals surface area contributed by atoms with Crippen molar-refractivity contribution in [1.82, 2.24) is 10.2 Å². The van der Waals surface area contributed by atoms with Crippen molar-refractivity contribution in [2.24, 2.45) is 0 Å². The summed E-state index contributed by atoms with van der Waals surface area (Å²) in [4.78, 5) is 13.5. The lowest BCUT2D eigenvalue weighted by atomic mass is 9.48. The first kappa shape index (κ1) is 17.3. The minimum atomic E-state index is -0.875. The van der Waals surface area contributed by atoms with Crippen LogP contribution in [0.4, 0.5) is 0 Å². The number of hydrogen-bond acceptors (Lipinski definition) is 6. The number of rotatable bonds is 4. The monoisotopic (exact) mass is 374 g/mol. The number of piperidine rings is 1. The molecule has 0 radical (unpaired) electrons. The molecule has 2 fully saturated rings. The number of likely N-dealkylation sites (tertiary alicyclic amines) is 1. The number of aliphatic carboxylic acids is 1. The molecule has 146 valence electrons. The minimum Gasteiger partial charge on any atom is -0.504 e. The molecule has 7 nitrogen and oxygen atoms in total. The molecule has 1 aromatic rings. The van der Waals surface area contributed by atoms with Gasteiger partial charge in [-0.05, 0) is 50.9 Å². The predicted octanol–water partition coefficient (Wildman–Crippen LogP) is 0.873. The maximum atomic E-state index is 11.1. The van der Waals surface area contributed by atoms with Crippen molar-refractivity contribution in [3.05, 3.63) is 23.3 Å². The number of carboxylic acids is 1. The molecule has 0 amide bonds. The molecule has 3 N–H and O–H groups in total. The number of benzene rings is 1. The Bertz CT molecular complexity index is 814. The summed E-state index contributed by atoms with van der Waals surface area (Å²) >= 11 is 0. The average Bonchev–Trinajstić information content (AvgIpc) is 3.01. The van der Waals surface area contributed by atoms with Gasteiger partial charge >= 0.3 is 5.97 Å². The van der Waals surface area contributed by atoms with E-state index in [1.807, 2.05) is 6.07 Å². The summed E-state index contributed by atoms with van der Waals surface area (Å²) in [5.74, 6) is -0.136. The van der Waals surface area contributed by atoms with Crippen LogP contribution in [-0.4, -0.2) is 72.1 Å². The Balaban J connectivity index is 1.71. The SMILES string of the molecule is CO[C@]12CC[C@@H](NCC(=O)O)[C@H]3Oc4c(O)ccc5c4[C@@]31CCN(C)[C@@H]2C5. The Morgan fingerprint density at radius 3 is 3.00 bits per heavy atom. The molecule has 0 aromatic heterocycles. The van der Waals surface area contributed by atoms with E-state index < -0.39 is 11.6 Å². The molecule has 2 aliphatic carbocycles. The summed E-state index contributed by atoms with van der Waals surface area (Å²) < 4.78 is 12.8. The van der Waals surface area contributed by atoms with Crippen LogP contribution in [0.15, 0.2) is 12.1 Å². The molecule has 2 heterocycles. The first-order valence-corrected chi connectivity index (χ1v) is 9.67. The van der Waals surface area contributed by atoms with E-state index in [1.54, 1.807) is 13.2 Å². The van der Waals surface area contributed by atoms with Crippen molar-refractivity contribution in [3.63, 3.8) is 0 Å². The Morgan fingerprint density at radius 2 is 2.26 bits per heavy atom. The lowest BCUT2D eigenvalue weighted by Crippen LogP contribution is -2.78. The largest absolute Gasteiger partial charge is 0.504 e.